The van der Waals surface area contributed by atoms with E-state index in [9.17, 15) is 0 Å². The third kappa shape index (κ3) is 4.78. The SMILES string of the molecule is CC.C[B]OC(C)(C)C(C)(C)N. The summed E-state index contributed by atoms with van der Waals surface area (Å²) in [7, 11) is 1.68. The summed E-state index contributed by atoms with van der Waals surface area (Å²) in [5.41, 5.74) is 5.26. The Bertz CT molecular complexity index is 108. The van der Waals surface area contributed by atoms with Crippen molar-refractivity contribution in [1.29, 1.82) is 0 Å². The van der Waals surface area contributed by atoms with Crippen LogP contribution in [0.5, 0.6) is 0 Å². The van der Waals surface area contributed by atoms with Gasteiger partial charge in [0.2, 0.25) is 0 Å². The van der Waals surface area contributed by atoms with Gasteiger partial charge in [-0.1, -0.05) is 20.7 Å². The van der Waals surface area contributed by atoms with Gasteiger partial charge in [0.15, 0.2) is 0 Å². The quantitative estimate of drug-likeness (QED) is 0.662. The Morgan fingerprint density at radius 1 is 1.08 bits per heavy atom. The van der Waals surface area contributed by atoms with Crippen LogP contribution in [-0.4, -0.2) is 18.6 Å². The van der Waals surface area contributed by atoms with Crippen molar-refractivity contribution in [2.45, 2.75) is 59.5 Å². The van der Waals surface area contributed by atoms with Gasteiger partial charge in [0.1, 0.15) is 0 Å². The van der Waals surface area contributed by atoms with Crippen LogP contribution in [0.15, 0.2) is 0 Å². The minimum Gasteiger partial charge on any atom is -0.434 e. The van der Waals surface area contributed by atoms with E-state index in [0.717, 1.165) is 0 Å². The van der Waals surface area contributed by atoms with Crippen molar-refractivity contribution < 1.29 is 4.65 Å². The smallest absolute Gasteiger partial charge is 0.289 e. The van der Waals surface area contributed by atoms with E-state index in [1.807, 2.05) is 48.4 Å². The minimum atomic E-state index is -0.306. The predicted molar refractivity (Wildman–Crippen MR) is 56.4 cm³/mol. The van der Waals surface area contributed by atoms with Crippen molar-refractivity contribution in [3.8, 4) is 0 Å². The molecule has 0 aliphatic rings. The van der Waals surface area contributed by atoms with Crippen molar-refractivity contribution in [2.75, 3.05) is 0 Å². The fourth-order valence-electron chi connectivity index (χ4n) is 0.446. The van der Waals surface area contributed by atoms with Crippen molar-refractivity contribution in [1.82, 2.24) is 0 Å². The zero-order valence-corrected chi connectivity index (χ0v) is 9.56. The molecule has 0 fully saturated rings. The second kappa shape index (κ2) is 5.60. The highest BCUT2D eigenvalue weighted by Crippen LogP contribution is 2.21. The highest BCUT2D eigenvalue weighted by molar-refractivity contribution is 6.25. The molecule has 12 heavy (non-hydrogen) atoms. The van der Waals surface area contributed by atoms with Crippen LogP contribution in [0.3, 0.4) is 0 Å². The normalized spacial score (nSPS) is 11.7. The van der Waals surface area contributed by atoms with E-state index >= 15 is 0 Å². The van der Waals surface area contributed by atoms with Crippen molar-refractivity contribution >= 4 is 7.48 Å². The van der Waals surface area contributed by atoms with Crippen LogP contribution < -0.4 is 5.73 Å². The second-order valence-corrected chi connectivity index (χ2v) is 3.59. The monoisotopic (exact) mass is 172 g/mol. The topological polar surface area (TPSA) is 35.2 Å². The molecule has 0 spiro atoms. The van der Waals surface area contributed by atoms with Crippen LogP contribution in [0.1, 0.15) is 41.5 Å². The molecule has 0 heterocycles. The second-order valence-electron chi connectivity index (χ2n) is 3.59. The molecule has 0 rings (SSSR count). The van der Waals surface area contributed by atoms with Crippen LogP contribution in [0.4, 0.5) is 0 Å². The van der Waals surface area contributed by atoms with Crippen LogP contribution in [0, 0.1) is 0 Å². The van der Waals surface area contributed by atoms with Gasteiger partial charge in [-0.05, 0) is 27.7 Å². The summed E-state index contributed by atoms with van der Waals surface area (Å²) in [6.45, 7) is 13.7. The maximum absolute atomic E-state index is 5.85. The standard InChI is InChI=1S/C7H17BNO.C2H6/c1-6(2,9)7(3,4)10-8-5;1-2/h9H2,1-5H3;1-2H3. The van der Waals surface area contributed by atoms with E-state index < -0.39 is 0 Å². The molecule has 0 amide bonds. The summed E-state index contributed by atoms with van der Waals surface area (Å²) in [5, 5.41) is 0. The Morgan fingerprint density at radius 3 is 1.50 bits per heavy atom. The molecule has 0 saturated carbocycles. The highest BCUT2D eigenvalue weighted by Gasteiger charge is 2.33. The lowest BCUT2D eigenvalue weighted by Gasteiger charge is -2.38. The van der Waals surface area contributed by atoms with Crippen molar-refractivity contribution in [2.24, 2.45) is 5.73 Å². The molecule has 0 aromatic heterocycles. The van der Waals surface area contributed by atoms with Gasteiger partial charge in [0, 0.05) is 5.54 Å². The van der Waals surface area contributed by atoms with Crippen molar-refractivity contribution in [3.63, 3.8) is 0 Å². The van der Waals surface area contributed by atoms with E-state index in [2.05, 4.69) is 0 Å². The van der Waals surface area contributed by atoms with Crippen LogP contribution in [0.25, 0.3) is 0 Å². The zero-order chi connectivity index (χ0) is 10.4. The molecule has 0 aromatic carbocycles. The Balaban J connectivity index is 0. The maximum atomic E-state index is 5.85. The van der Waals surface area contributed by atoms with Crippen LogP contribution in [0.2, 0.25) is 6.82 Å². The third-order valence-corrected chi connectivity index (χ3v) is 1.96. The molecule has 2 N–H and O–H groups in total. The molecule has 0 bridgehead atoms. The van der Waals surface area contributed by atoms with Gasteiger partial charge in [-0.15, -0.1) is 0 Å². The molecule has 3 heteroatoms. The average molecular weight is 172 g/mol. The van der Waals surface area contributed by atoms with Crippen molar-refractivity contribution in [3.05, 3.63) is 0 Å². The Morgan fingerprint density at radius 2 is 1.42 bits per heavy atom. The first-order chi connectivity index (χ1) is 5.31. The average Bonchev–Trinajstić information content (AvgIpc) is 1.89. The summed E-state index contributed by atoms with van der Waals surface area (Å²) in [5.74, 6) is 0. The van der Waals surface area contributed by atoms with E-state index in [0.29, 0.717) is 0 Å². The Labute approximate surface area is 78.1 Å². The van der Waals surface area contributed by atoms with Gasteiger partial charge in [-0.25, -0.2) is 0 Å². The predicted octanol–water partition coefficient (Wildman–Crippen LogP) is 2.21. The zero-order valence-electron chi connectivity index (χ0n) is 9.56. The minimum absolute atomic E-state index is 0.290. The first kappa shape index (κ1) is 14.5. The molecule has 0 atom stereocenters. The first-order valence-electron chi connectivity index (χ1n) is 4.56. The van der Waals surface area contributed by atoms with E-state index in [1.165, 1.54) is 0 Å². The summed E-state index contributed by atoms with van der Waals surface area (Å²) in [6.07, 6.45) is 0. The summed E-state index contributed by atoms with van der Waals surface area (Å²) < 4.78 is 5.34. The maximum Gasteiger partial charge on any atom is 0.289 e. The van der Waals surface area contributed by atoms with E-state index in [1.54, 1.807) is 7.48 Å². The lowest BCUT2D eigenvalue weighted by atomic mass is 9.85. The van der Waals surface area contributed by atoms with Gasteiger partial charge in [0.25, 0.3) is 7.48 Å². The first-order valence-corrected chi connectivity index (χ1v) is 4.56. The third-order valence-electron chi connectivity index (χ3n) is 1.96. The van der Waals surface area contributed by atoms with Gasteiger partial charge in [-0.2, -0.15) is 0 Å². The molecular weight excluding hydrogens is 149 g/mol. The molecule has 73 valence electrons. The van der Waals surface area contributed by atoms with E-state index in [4.69, 9.17) is 10.4 Å². The van der Waals surface area contributed by atoms with Crippen LogP contribution in [-0.2, 0) is 4.65 Å². The lowest BCUT2D eigenvalue weighted by Crippen LogP contribution is -2.54. The lowest BCUT2D eigenvalue weighted by molar-refractivity contribution is 0.0449. The van der Waals surface area contributed by atoms with Crippen LogP contribution >= 0.6 is 0 Å². The molecule has 0 aliphatic carbocycles. The van der Waals surface area contributed by atoms with E-state index in [-0.39, 0.29) is 11.1 Å². The summed E-state index contributed by atoms with van der Waals surface area (Å²) >= 11 is 0. The van der Waals surface area contributed by atoms with Gasteiger partial charge in [0.05, 0.1) is 5.60 Å². The number of rotatable bonds is 3. The fraction of sp³-hybridized carbons (Fsp3) is 1.00. The van der Waals surface area contributed by atoms with Gasteiger partial charge >= 0.3 is 0 Å². The fourth-order valence-corrected chi connectivity index (χ4v) is 0.446. The molecule has 2 nitrogen and oxygen atoms in total. The summed E-state index contributed by atoms with van der Waals surface area (Å²) in [6, 6.07) is 0. The molecule has 1 radical (unpaired) electrons. The Hall–Kier alpha value is -0.0151. The number of hydrogen-bond acceptors (Lipinski definition) is 2. The molecule has 0 saturated heterocycles. The van der Waals surface area contributed by atoms with Gasteiger partial charge < -0.3 is 10.4 Å². The molecule has 0 aromatic rings. The largest absolute Gasteiger partial charge is 0.434 e. The van der Waals surface area contributed by atoms with Gasteiger partial charge in [-0.3, -0.25) is 0 Å². The Kier molecular flexibility index (Phi) is 6.77. The number of hydrogen-bond donors (Lipinski definition) is 1. The summed E-state index contributed by atoms with van der Waals surface area (Å²) in [4.78, 5) is 0. The number of nitrogens with two attached hydrogens (primary N) is 1. The molecule has 0 unspecified atom stereocenters. The highest BCUT2D eigenvalue weighted by atomic mass is 16.5. The molecular formula is C9H23BNO. The molecule has 0 aliphatic heterocycles.